The van der Waals surface area contributed by atoms with Crippen LogP contribution in [0.1, 0.15) is 37.4 Å². The molecule has 110 valence electrons. The van der Waals surface area contributed by atoms with Gasteiger partial charge in [0.15, 0.2) is 0 Å². The first-order valence-corrected chi connectivity index (χ1v) is 7.29. The van der Waals surface area contributed by atoms with Gasteiger partial charge >= 0.3 is 0 Å². The van der Waals surface area contributed by atoms with E-state index < -0.39 is 6.10 Å². The van der Waals surface area contributed by atoms with Gasteiger partial charge in [0.05, 0.1) is 18.1 Å². The summed E-state index contributed by atoms with van der Waals surface area (Å²) < 4.78 is 0. The number of carbonyl (C=O) groups is 1. The first kappa shape index (κ1) is 15.0. The van der Waals surface area contributed by atoms with Crippen LogP contribution in [-0.2, 0) is 11.2 Å². The zero-order valence-electron chi connectivity index (χ0n) is 12.2. The highest BCUT2D eigenvalue weighted by molar-refractivity contribution is 5.79. The van der Waals surface area contributed by atoms with Crippen LogP contribution in [0.3, 0.4) is 0 Å². The Morgan fingerprint density at radius 3 is 2.80 bits per heavy atom. The maximum atomic E-state index is 12.3. The van der Waals surface area contributed by atoms with Crippen molar-refractivity contribution in [3.63, 3.8) is 0 Å². The van der Waals surface area contributed by atoms with Crippen molar-refractivity contribution in [1.82, 2.24) is 5.32 Å². The summed E-state index contributed by atoms with van der Waals surface area (Å²) in [6.45, 7) is 4.50. The fourth-order valence-electron chi connectivity index (χ4n) is 2.90. The van der Waals surface area contributed by atoms with Crippen LogP contribution in [0.15, 0.2) is 24.3 Å². The number of rotatable bonds is 5. The van der Waals surface area contributed by atoms with Crippen molar-refractivity contribution in [3.8, 4) is 0 Å². The van der Waals surface area contributed by atoms with E-state index in [1.807, 2.05) is 24.3 Å². The Bertz CT molecular complexity index is 473. The number of aliphatic hydroxyl groups excluding tert-OH is 1. The van der Waals surface area contributed by atoms with E-state index in [0.29, 0.717) is 18.9 Å². The highest BCUT2D eigenvalue weighted by Crippen LogP contribution is 2.31. The normalized spacial score (nSPS) is 22.6. The number of carbonyl (C=O) groups excluding carboxylic acids is 1. The van der Waals surface area contributed by atoms with Crippen LogP contribution in [0, 0.1) is 11.8 Å². The Morgan fingerprint density at radius 2 is 2.15 bits per heavy atom. The molecule has 20 heavy (non-hydrogen) atoms. The van der Waals surface area contributed by atoms with Gasteiger partial charge in [-0.1, -0.05) is 38.1 Å². The Hall–Kier alpha value is -1.39. The SMILES string of the molecule is CC(C)CC(CN)C(=O)N[C@H]1c2ccccc2C[C@H]1O. The number of nitrogens with one attached hydrogen (secondary N) is 1. The van der Waals surface area contributed by atoms with E-state index in [1.54, 1.807) is 0 Å². The van der Waals surface area contributed by atoms with E-state index in [-0.39, 0.29) is 17.9 Å². The first-order chi connectivity index (χ1) is 9.52. The minimum Gasteiger partial charge on any atom is -0.390 e. The standard InChI is InChI=1S/C16H24N2O2/c1-10(2)7-12(9-17)16(20)18-15-13-6-4-3-5-11(13)8-14(15)19/h3-6,10,12,14-15,19H,7-9,17H2,1-2H3,(H,18,20)/t12?,14-,15+/m1/s1. The number of hydrogen-bond donors (Lipinski definition) is 3. The third kappa shape index (κ3) is 3.19. The summed E-state index contributed by atoms with van der Waals surface area (Å²) in [5.41, 5.74) is 7.83. The molecule has 0 heterocycles. The lowest BCUT2D eigenvalue weighted by Crippen LogP contribution is -2.40. The van der Waals surface area contributed by atoms with Crippen LogP contribution < -0.4 is 11.1 Å². The number of fused-ring (bicyclic) bond motifs is 1. The molecule has 0 bridgehead atoms. The zero-order chi connectivity index (χ0) is 14.7. The molecule has 1 aliphatic rings. The Kier molecular flexibility index (Phi) is 4.78. The van der Waals surface area contributed by atoms with E-state index >= 15 is 0 Å². The maximum Gasteiger partial charge on any atom is 0.224 e. The number of amides is 1. The fraction of sp³-hybridized carbons (Fsp3) is 0.562. The second kappa shape index (κ2) is 6.37. The fourth-order valence-corrected chi connectivity index (χ4v) is 2.90. The second-order valence-corrected chi connectivity index (χ2v) is 6.02. The molecule has 0 aromatic heterocycles. The second-order valence-electron chi connectivity index (χ2n) is 6.02. The Morgan fingerprint density at radius 1 is 1.45 bits per heavy atom. The molecule has 0 saturated heterocycles. The van der Waals surface area contributed by atoms with Gasteiger partial charge in [0.1, 0.15) is 0 Å². The van der Waals surface area contributed by atoms with Crippen molar-refractivity contribution < 1.29 is 9.90 Å². The maximum absolute atomic E-state index is 12.3. The van der Waals surface area contributed by atoms with Crippen LogP contribution in [0.4, 0.5) is 0 Å². The van der Waals surface area contributed by atoms with Crippen molar-refractivity contribution in [2.75, 3.05) is 6.54 Å². The predicted octanol–water partition coefficient (Wildman–Crippen LogP) is 1.38. The van der Waals surface area contributed by atoms with E-state index in [1.165, 1.54) is 0 Å². The van der Waals surface area contributed by atoms with Gasteiger partial charge < -0.3 is 16.2 Å². The molecule has 2 rings (SSSR count). The molecule has 0 saturated carbocycles. The molecule has 4 N–H and O–H groups in total. The van der Waals surface area contributed by atoms with Gasteiger partial charge in [-0.2, -0.15) is 0 Å². The van der Waals surface area contributed by atoms with Crippen LogP contribution >= 0.6 is 0 Å². The van der Waals surface area contributed by atoms with Gasteiger partial charge in [-0.05, 0) is 23.5 Å². The van der Waals surface area contributed by atoms with Crippen molar-refractivity contribution in [1.29, 1.82) is 0 Å². The summed E-state index contributed by atoms with van der Waals surface area (Å²) in [4.78, 5) is 12.3. The van der Waals surface area contributed by atoms with Gasteiger partial charge in [0.25, 0.3) is 0 Å². The Balaban J connectivity index is 2.07. The number of nitrogens with two attached hydrogens (primary N) is 1. The van der Waals surface area contributed by atoms with E-state index in [4.69, 9.17) is 5.73 Å². The first-order valence-electron chi connectivity index (χ1n) is 7.29. The molecule has 4 heteroatoms. The van der Waals surface area contributed by atoms with Crippen LogP contribution in [0.25, 0.3) is 0 Å². The molecular weight excluding hydrogens is 252 g/mol. The van der Waals surface area contributed by atoms with Gasteiger partial charge in [0.2, 0.25) is 5.91 Å². The molecule has 3 atom stereocenters. The monoisotopic (exact) mass is 276 g/mol. The van der Waals surface area contributed by atoms with Crippen molar-refractivity contribution in [2.45, 2.75) is 38.8 Å². The molecule has 4 nitrogen and oxygen atoms in total. The summed E-state index contributed by atoms with van der Waals surface area (Å²) in [6, 6.07) is 7.55. The molecule has 0 radical (unpaired) electrons. The van der Waals surface area contributed by atoms with Gasteiger partial charge in [0, 0.05) is 13.0 Å². The average Bonchev–Trinajstić information content (AvgIpc) is 2.72. The van der Waals surface area contributed by atoms with Crippen LogP contribution in [-0.4, -0.2) is 23.7 Å². The van der Waals surface area contributed by atoms with E-state index in [0.717, 1.165) is 17.5 Å². The lowest BCUT2D eigenvalue weighted by atomic mass is 9.95. The number of hydrogen-bond acceptors (Lipinski definition) is 3. The smallest absolute Gasteiger partial charge is 0.224 e. The van der Waals surface area contributed by atoms with Crippen LogP contribution in [0.5, 0.6) is 0 Å². The molecule has 1 aliphatic carbocycles. The minimum absolute atomic E-state index is 0.0537. The van der Waals surface area contributed by atoms with Gasteiger partial charge in [-0.3, -0.25) is 4.79 Å². The summed E-state index contributed by atoms with van der Waals surface area (Å²) >= 11 is 0. The van der Waals surface area contributed by atoms with Gasteiger partial charge in [-0.15, -0.1) is 0 Å². The topological polar surface area (TPSA) is 75.4 Å². The average molecular weight is 276 g/mol. The summed E-state index contributed by atoms with van der Waals surface area (Å²) in [7, 11) is 0. The summed E-state index contributed by atoms with van der Waals surface area (Å²) in [5.74, 6) is 0.187. The lowest BCUT2D eigenvalue weighted by molar-refractivity contribution is -0.126. The molecule has 1 aromatic rings. The molecule has 1 amide bonds. The number of benzene rings is 1. The van der Waals surface area contributed by atoms with Crippen molar-refractivity contribution >= 4 is 5.91 Å². The molecule has 1 unspecified atom stereocenters. The van der Waals surface area contributed by atoms with Crippen LogP contribution in [0.2, 0.25) is 0 Å². The van der Waals surface area contributed by atoms with Gasteiger partial charge in [-0.25, -0.2) is 0 Å². The quantitative estimate of drug-likeness (QED) is 0.760. The lowest BCUT2D eigenvalue weighted by Gasteiger charge is -2.22. The summed E-state index contributed by atoms with van der Waals surface area (Å²) in [5, 5.41) is 13.1. The molecule has 0 aliphatic heterocycles. The largest absolute Gasteiger partial charge is 0.390 e. The minimum atomic E-state index is -0.547. The molecule has 0 fully saturated rings. The van der Waals surface area contributed by atoms with Crippen molar-refractivity contribution in [2.24, 2.45) is 17.6 Å². The molecule has 1 aromatic carbocycles. The molecule has 0 spiro atoms. The van der Waals surface area contributed by atoms with E-state index in [9.17, 15) is 9.90 Å². The summed E-state index contributed by atoms with van der Waals surface area (Å²) in [6.07, 6.45) is 0.819. The highest BCUT2D eigenvalue weighted by atomic mass is 16.3. The third-order valence-corrected chi connectivity index (χ3v) is 3.91. The molecular formula is C16H24N2O2. The van der Waals surface area contributed by atoms with E-state index in [2.05, 4.69) is 19.2 Å². The highest BCUT2D eigenvalue weighted by Gasteiger charge is 2.33. The number of aliphatic hydroxyl groups is 1. The zero-order valence-corrected chi connectivity index (χ0v) is 12.2. The third-order valence-electron chi connectivity index (χ3n) is 3.91. The van der Waals surface area contributed by atoms with Crippen molar-refractivity contribution in [3.05, 3.63) is 35.4 Å². The predicted molar refractivity (Wildman–Crippen MR) is 79.0 cm³/mol. The Labute approximate surface area is 120 Å².